The van der Waals surface area contributed by atoms with Gasteiger partial charge in [0.05, 0.1) is 85.1 Å². The average molecular weight is 1220 g/mol. The van der Waals surface area contributed by atoms with Gasteiger partial charge in [-0.15, -0.1) is 0 Å². The molecule has 24 atom stereocenters. The highest BCUT2D eigenvalue weighted by atomic mass is 35.5. The molecule has 0 aromatic carbocycles. The first-order valence-electron chi connectivity index (χ1n) is 30.3. The fourth-order valence-electron chi connectivity index (χ4n) is 14.1. The van der Waals surface area contributed by atoms with Crippen molar-refractivity contribution in [2.75, 3.05) is 7.11 Å². The van der Waals surface area contributed by atoms with Gasteiger partial charge < -0.3 is 83.1 Å². The Morgan fingerprint density at radius 1 is 0.812 bits per heavy atom. The topological polar surface area (TPSA) is 302 Å². The molecule has 7 aliphatic heterocycles. The number of fused-ring (bicyclic) bond motifs is 8. The number of carbonyl (C=O) groups excluding carboxylic acids is 4. The number of ether oxygens (including phenoxy) is 10. The molecule has 21 nitrogen and oxygen atoms in total. The van der Waals surface area contributed by atoms with Crippen LogP contribution < -0.4 is 0 Å². The summed E-state index contributed by atoms with van der Waals surface area (Å²) < 4.78 is 63.4. The first-order valence-corrected chi connectivity index (χ1v) is 30.7. The molecule has 7 aliphatic rings. The first kappa shape index (κ1) is 69.0. The Balaban J connectivity index is 1.22. The van der Waals surface area contributed by atoms with E-state index >= 15 is 0 Å². The molecule has 0 amide bonds. The van der Waals surface area contributed by atoms with Crippen molar-refractivity contribution in [3.05, 3.63) is 60.2 Å². The van der Waals surface area contributed by atoms with Gasteiger partial charge in [0.25, 0.3) is 0 Å². The molecule has 2 spiro atoms. The minimum absolute atomic E-state index is 0.00321. The number of aliphatic hydroxyl groups excluding tert-OH is 5. The summed E-state index contributed by atoms with van der Waals surface area (Å²) in [7, 11) is 1.57. The maximum Gasteiger partial charge on any atom is 0.308 e. The van der Waals surface area contributed by atoms with Crippen LogP contribution in [0.2, 0.25) is 0 Å². The lowest BCUT2D eigenvalue weighted by Gasteiger charge is -2.52. The number of carbonyl (C=O) groups is 4. The van der Waals surface area contributed by atoms with Crippen LogP contribution in [0.3, 0.4) is 0 Å². The Labute approximate surface area is 505 Å². The highest BCUT2D eigenvalue weighted by Crippen LogP contribution is 2.48. The molecule has 480 valence electrons. The maximum atomic E-state index is 14.5. The Kier molecular flexibility index (Phi) is 23.5. The third kappa shape index (κ3) is 18.1. The van der Waals surface area contributed by atoms with Crippen LogP contribution in [0.15, 0.2) is 60.2 Å². The average Bonchev–Trinajstić information content (AvgIpc) is 1.35. The van der Waals surface area contributed by atoms with E-state index in [1.807, 2.05) is 12.2 Å². The monoisotopic (exact) mass is 1220 g/mol. The molecule has 85 heavy (non-hydrogen) atoms. The molecule has 7 rings (SSSR count). The molecule has 0 aliphatic carbocycles. The van der Waals surface area contributed by atoms with E-state index < -0.39 is 169 Å². The van der Waals surface area contributed by atoms with Crippen molar-refractivity contribution >= 4 is 35.3 Å². The number of allylic oxidation sites excluding steroid dienone is 3. The van der Waals surface area contributed by atoms with Gasteiger partial charge in [0.2, 0.25) is 0 Å². The lowest BCUT2D eigenvalue weighted by atomic mass is 9.78. The zero-order valence-electron chi connectivity index (χ0n) is 50.7. The van der Waals surface area contributed by atoms with Crippen molar-refractivity contribution in [1.29, 1.82) is 0 Å². The summed E-state index contributed by atoms with van der Waals surface area (Å²) in [5.74, 6) is -10.7. The van der Waals surface area contributed by atoms with E-state index in [4.69, 9.17) is 59.0 Å². The van der Waals surface area contributed by atoms with Crippen LogP contribution in [0, 0.1) is 23.7 Å². The number of aliphatic hydroxyl groups is 7. The van der Waals surface area contributed by atoms with Gasteiger partial charge in [0.15, 0.2) is 17.4 Å². The number of esters is 3. The van der Waals surface area contributed by atoms with Gasteiger partial charge in [-0.1, -0.05) is 88.4 Å². The van der Waals surface area contributed by atoms with Gasteiger partial charge in [0, 0.05) is 108 Å². The number of methoxy groups -OCH3 is 1. The van der Waals surface area contributed by atoms with Gasteiger partial charge in [0.1, 0.15) is 36.3 Å². The zero-order valence-corrected chi connectivity index (χ0v) is 51.5. The molecule has 0 aromatic heterocycles. The van der Waals surface area contributed by atoms with E-state index in [9.17, 15) is 54.9 Å². The Bertz CT molecular complexity index is 2430. The molecule has 0 aromatic rings. The number of rotatable bonds is 9. The Morgan fingerprint density at radius 3 is 2.15 bits per heavy atom. The second kappa shape index (κ2) is 29.0. The summed E-state index contributed by atoms with van der Waals surface area (Å²) in [5, 5.41) is 82.6. The molecule has 1 unspecified atom stereocenters. The molecule has 10 bridgehead atoms. The van der Waals surface area contributed by atoms with Gasteiger partial charge in [-0.2, -0.15) is 0 Å². The molecule has 22 heteroatoms. The summed E-state index contributed by atoms with van der Waals surface area (Å²) in [6.45, 7) is 23.1. The van der Waals surface area contributed by atoms with E-state index in [2.05, 4.69) is 19.7 Å². The third-order valence-electron chi connectivity index (χ3n) is 18.3. The van der Waals surface area contributed by atoms with Crippen LogP contribution in [-0.4, -0.2) is 187 Å². The van der Waals surface area contributed by atoms with Crippen LogP contribution in [-0.2, 0) is 66.5 Å². The summed E-state index contributed by atoms with van der Waals surface area (Å²) >= 11 is 5.89. The van der Waals surface area contributed by atoms with Crippen molar-refractivity contribution in [1.82, 2.24) is 0 Å². The zero-order chi connectivity index (χ0) is 62.5. The fourth-order valence-corrected chi connectivity index (χ4v) is 14.2. The van der Waals surface area contributed by atoms with Gasteiger partial charge in [-0.3, -0.25) is 19.2 Å². The van der Waals surface area contributed by atoms with Crippen molar-refractivity contribution < 1.29 is 102 Å². The summed E-state index contributed by atoms with van der Waals surface area (Å²) in [6.07, 6.45) is -8.69. The molecule has 7 heterocycles. The number of hydrogen-bond donors (Lipinski definition) is 7. The smallest absolute Gasteiger partial charge is 0.308 e. The van der Waals surface area contributed by atoms with E-state index in [-0.39, 0.29) is 81.1 Å². The lowest BCUT2D eigenvalue weighted by Crippen LogP contribution is -2.65. The minimum Gasteiger partial charge on any atom is -0.462 e. The van der Waals surface area contributed by atoms with Crippen LogP contribution in [0.5, 0.6) is 0 Å². The van der Waals surface area contributed by atoms with Crippen molar-refractivity contribution in [2.24, 2.45) is 23.7 Å². The summed E-state index contributed by atoms with van der Waals surface area (Å²) in [4.78, 5) is 54.3. The molecule has 6 fully saturated rings. The third-order valence-corrected chi connectivity index (χ3v) is 18.4. The van der Waals surface area contributed by atoms with Gasteiger partial charge >= 0.3 is 17.9 Å². The largest absolute Gasteiger partial charge is 0.462 e. The van der Waals surface area contributed by atoms with E-state index in [0.717, 1.165) is 0 Å². The van der Waals surface area contributed by atoms with E-state index in [1.54, 1.807) is 41.7 Å². The predicted molar refractivity (Wildman–Crippen MR) is 308 cm³/mol. The SMILES string of the molecule is C=C(Cl)/C=C/[C@H](O)CC(=C)C[C@H]1O[C@@H]2[C@H](C)[C@@H](OC(=O)C[C@@H]3C[C@@H](OC(C)=O)C[C@]4(C[C@](C)(O)C[C@@H](CC(=C)[C@H](C)[C@@H](OC(C)=O)[C@H](C)C(=O)C[C@H]5C[C@@H](OC)C[C@]6(C[C@H](O)C[C@@H](/C=C\CCC[C@@H]7OC(O)(C[C@@H](O)[C@@H]7C)[C@H]2O)O6)O5)O4)O3)[C@@H]1O. The number of hydrogen-bond acceptors (Lipinski definition) is 21. The standard InChI is InChI=1S/C63H95ClO21/c1-33(19-42(67)18-17-35(3)64)20-53-55(72)57-39(7)58(79-53)59(73)63(75)31-51(70)37(5)52(85-63)16-14-12-13-15-44-22-43(68)27-61(81-44)29-47(76-11)23-45(82-61)25-50(69)38(6)56(78-41(9)66)36(4)34(2)21-49-28-60(10,74)32-62(84-49)30-48(77-40(8)65)24-46(83-62)26-54(71)80-57/h13,15,17-18,36-39,42-49,51-53,55-59,67-68,70,72-75H,1-3,12,14,16,19-32H2,4-11H3/b15-13-,18-17+/t36-,37-,38+,39+,42-,43+,44+,45+,46-,47+,48+,49+,51+,52-,53+,55+,56+,57+,58+,59-,60+,61-,62-,63?/m0/s1. The fraction of sp³-hybridized carbons (Fsp3) is 0.778. The highest BCUT2D eigenvalue weighted by Gasteiger charge is 2.58. The number of Topliss-reactive ketones (excluding diaryl/α,β-unsaturated/α-hetero) is 1. The normalized spacial score (nSPS) is 44.5. The number of ketones is 1. The first-order chi connectivity index (χ1) is 39.8. The van der Waals surface area contributed by atoms with Crippen molar-refractivity contribution in [3.63, 3.8) is 0 Å². The predicted octanol–water partition coefficient (Wildman–Crippen LogP) is 5.91. The molecule has 7 N–H and O–H groups in total. The van der Waals surface area contributed by atoms with Crippen LogP contribution >= 0.6 is 11.6 Å². The van der Waals surface area contributed by atoms with Gasteiger partial charge in [-0.25, -0.2) is 0 Å². The molecule has 6 saturated heterocycles. The molecular formula is C63H95ClO21. The summed E-state index contributed by atoms with van der Waals surface area (Å²) in [6, 6.07) is 0. The second-order valence-corrected chi connectivity index (χ2v) is 26.4. The van der Waals surface area contributed by atoms with E-state index in [1.165, 1.54) is 26.0 Å². The highest BCUT2D eigenvalue weighted by molar-refractivity contribution is 6.30. The minimum atomic E-state index is -2.40. The van der Waals surface area contributed by atoms with Crippen LogP contribution in [0.1, 0.15) is 158 Å². The lowest BCUT2D eigenvalue weighted by molar-refractivity contribution is -0.351. The summed E-state index contributed by atoms with van der Waals surface area (Å²) in [5.41, 5.74) is -0.508. The van der Waals surface area contributed by atoms with Crippen LogP contribution in [0.25, 0.3) is 0 Å². The van der Waals surface area contributed by atoms with Crippen molar-refractivity contribution in [3.8, 4) is 0 Å². The molecule has 0 radical (unpaired) electrons. The van der Waals surface area contributed by atoms with E-state index in [0.29, 0.717) is 43.3 Å². The van der Waals surface area contributed by atoms with Crippen LogP contribution in [0.4, 0.5) is 0 Å². The maximum absolute atomic E-state index is 14.5. The van der Waals surface area contributed by atoms with Crippen molar-refractivity contribution in [2.45, 2.75) is 278 Å². The second-order valence-electron chi connectivity index (χ2n) is 25.9. The Morgan fingerprint density at radius 2 is 1.47 bits per heavy atom. The number of halogens is 1. The molecular weight excluding hydrogens is 1130 g/mol. The van der Waals surface area contributed by atoms with Gasteiger partial charge in [-0.05, 0) is 51.5 Å². The Hall–Kier alpha value is -3.49. The molecule has 0 saturated carbocycles. The quantitative estimate of drug-likeness (QED) is 0.0611.